The van der Waals surface area contributed by atoms with Crippen molar-refractivity contribution in [3.8, 4) is 0 Å². The van der Waals surface area contributed by atoms with Gasteiger partial charge in [0.1, 0.15) is 0 Å². The first-order valence-electron chi connectivity index (χ1n) is 13.6. The first-order chi connectivity index (χ1) is 17.6. The second kappa shape index (κ2) is 13.1. The maximum atomic E-state index is 3.90. The van der Waals surface area contributed by atoms with Gasteiger partial charge >= 0.3 is 0 Å². The van der Waals surface area contributed by atoms with E-state index in [1.807, 2.05) is 0 Å². The Hall–Kier alpha value is -1.90. The molecule has 1 aliphatic rings. The molecule has 1 unspecified atom stereocenters. The molecule has 0 fully saturated rings. The number of halogens is 2. The lowest BCUT2D eigenvalue weighted by molar-refractivity contribution is 0.647. The van der Waals surface area contributed by atoms with Gasteiger partial charge in [-0.15, -0.1) is 0 Å². The standard InChI is InChI=1S/C34H38Br2/c1-3-5-8-12-27-16-17-29(24-32(27)35)26-20-22-34(23-21-26,30-14-10-7-11-15-30)31-19-18-28(33(36)25-31)13-9-6-4-2/h7,10-11,14-22,24-25H,3-6,8-9,12-13,23H2,1-2H3. The van der Waals surface area contributed by atoms with Crippen molar-refractivity contribution in [2.45, 2.75) is 77.0 Å². The zero-order valence-corrected chi connectivity index (χ0v) is 24.9. The van der Waals surface area contributed by atoms with E-state index in [9.17, 15) is 0 Å². The van der Waals surface area contributed by atoms with Crippen molar-refractivity contribution in [1.82, 2.24) is 0 Å². The molecule has 188 valence electrons. The number of allylic oxidation sites excluding steroid dienone is 4. The molecule has 0 radical (unpaired) electrons. The van der Waals surface area contributed by atoms with E-state index in [0.29, 0.717) is 0 Å². The van der Waals surface area contributed by atoms with E-state index >= 15 is 0 Å². The number of hydrogen-bond acceptors (Lipinski definition) is 0. The molecule has 0 bridgehead atoms. The summed E-state index contributed by atoms with van der Waals surface area (Å²) in [6, 6.07) is 24.9. The van der Waals surface area contributed by atoms with E-state index in [-0.39, 0.29) is 5.41 Å². The van der Waals surface area contributed by atoms with E-state index in [4.69, 9.17) is 0 Å². The quantitative estimate of drug-likeness (QED) is 0.191. The Morgan fingerprint density at radius 2 is 1.33 bits per heavy atom. The Balaban J connectivity index is 1.62. The van der Waals surface area contributed by atoms with Gasteiger partial charge in [-0.25, -0.2) is 0 Å². The Morgan fingerprint density at radius 1 is 0.694 bits per heavy atom. The highest BCUT2D eigenvalue weighted by atomic mass is 79.9. The van der Waals surface area contributed by atoms with Crippen molar-refractivity contribution in [3.05, 3.63) is 122 Å². The first kappa shape index (κ1) is 27.1. The van der Waals surface area contributed by atoms with Crippen LogP contribution >= 0.6 is 31.9 Å². The highest BCUT2D eigenvalue weighted by Crippen LogP contribution is 2.43. The van der Waals surface area contributed by atoms with Crippen LogP contribution in [0.5, 0.6) is 0 Å². The fraction of sp³-hybridized carbons (Fsp3) is 0.353. The maximum Gasteiger partial charge on any atom is 0.0420 e. The monoisotopic (exact) mass is 604 g/mol. The summed E-state index contributed by atoms with van der Waals surface area (Å²) in [5, 5.41) is 0. The molecule has 1 aliphatic carbocycles. The minimum atomic E-state index is -0.160. The van der Waals surface area contributed by atoms with Crippen molar-refractivity contribution < 1.29 is 0 Å². The largest absolute Gasteiger partial charge is 0.0751 e. The molecule has 0 amide bonds. The van der Waals surface area contributed by atoms with Crippen LogP contribution in [0.15, 0.2) is 93.9 Å². The number of aryl methyl sites for hydroxylation is 2. The van der Waals surface area contributed by atoms with Gasteiger partial charge in [-0.3, -0.25) is 0 Å². The summed E-state index contributed by atoms with van der Waals surface area (Å²) >= 11 is 7.75. The number of hydrogen-bond donors (Lipinski definition) is 0. The molecule has 2 heteroatoms. The average molecular weight is 606 g/mol. The zero-order chi connectivity index (χ0) is 25.4. The fourth-order valence-corrected chi connectivity index (χ4v) is 6.43. The van der Waals surface area contributed by atoms with Crippen molar-refractivity contribution in [3.63, 3.8) is 0 Å². The molecule has 0 aliphatic heterocycles. The molecule has 0 aromatic heterocycles. The van der Waals surface area contributed by atoms with Gasteiger partial charge in [-0.1, -0.05) is 144 Å². The van der Waals surface area contributed by atoms with Gasteiger partial charge in [0.2, 0.25) is 0 Å². The molecule has 0 N–H and O–H groups in total. The molecule has 0 spiro atoms. The molecule has 0 saturated carbocycles. The fourth-order valence-electron chi connectivity index (χ4n) is 5.27. The van der Waals surface area contributed by atoms with Gasteiger partial charge in [-0.05, 0) is 77.6 Å². The van der Waals surface area contributed by atoms with Crippen molar-refractivity contribution in [1.29, 1.82) is 0 Å². The summed E-state index contributed by atoms with van der Waals surface area (Å²) in [4.78, 5) is 0. The number of rotatable bonds is 11. The van der Waals surface area contributed by atoms with Crippen LogP contribution in [0.25, 0.3) is 5.57 Å². The molecule has 3 aromatic carbocycles. The van der Waals surface area contributed by atoms with Gasteiger partial charge in [0.05, 0.1) is 0 Å². The Morgan fingerprint density at radius 3 is 1.89 bits per heavy atom. The molecule has 0 nitrogen and oxygen atoms in total. The third-order valence-electron chi connectivity index (χ3n) is 7.53. The van der Waals surface area contributed by atoms with Crippen molar-refractivity contribution in [2.24, 2.45) is 0 Å². The molecule has 4 rings (SSSR count). The van der Waals surface area contributed by atoms with Crippen LogP contribution in [-0.4, -0.2) is 0 Å². The lowest BCUT2D eigenvalue weighted by Gasteiger charge is -2.34. The molecule has 3 aromatic rings. The van der Waals surface area contributed by atoms with Crippen LogP contribution in [0.1, 0.15) is 86.6 Å². The number of unbranched alkanes of at least 4 members (excludes halogenated alkanes) is 4. The second-order valence-corrected chi connectivity index (χ2v) is 11.8. The van der Waals surface area contributed by atoms with Crippen molar-refractivity contribution >= 4 is 37.4 Å². The summed E-state index contributed by atoms with van der Waals surface area (Å²) in [5.74, 6) is 0. The summed E-state index contributed by atoms with van der Waals surface area (Å²) in [5.41, 5.74) is 7.94. The maximum absolute atomic E-state index is 3.90. The van der Waals surface area contributed by atoms with Crippen molar-refractivity contribution in [2.75, 3.05) is 0 Å². The highest BCUT2D eigenvalue weighted by Gasteiger charge is 2.33. The molecule has 0 saturated heterocycles. The molecular formula is C34H38Br2. The van der Waals surface area contributed by atoms with Gasteiger partial charge < -0.3 is 0 Å². The van der Waals surface area contributed by atoms with E-state index in [1.165, 1.54) is 80.9 Å². The minimum Gasteiger partial charge on any atom is -0.0751 e. The Bertz CT molecular complexity index is 1210. The Kier molecular flexibility index (Phi) is 9.85. The van der Waals surface area contributed by atoms with Gasteiger partial charge in [0, 0.05) is 14.4 Å². The van der Waals surface area contributed by atoms with Crippen LogP contribution in [0.4, 0.5) is 0 Å². The van der Waals surface area contributed by atoms with Crippen LogP contribution in [0.3, 0.4) is 0 Å². The van der Waals surface area contributed by atoms with Crippen LogP contribution in [0.2, 0.25) is 0 Å². The smallest absolute Gasteiger partial charge is 0.0420 e. The van der Waals surface area contributed by atoms with E-state index in [0.717, 1.165) is 19.3 Å². The van der Waals surface area contributed by atoms with E-state index in [2.05, 4.69) is 131 Å². The molecule has 36 heavy (non-hydrogen) atoms. The average Bonchev–Trinajstić information content (AvgIpc) is 2.91. The molecular weight excluding hydrogens is 568 g/mol. The summed E-state index contributed by atoms with van der Waals surface area (Å²) in [6.45, 7) is 4.52. The first-order valence-corrected chi connectivity index (χ1v) is 15.2. The second-order valence-electron chi connectivity index (χ2n) is 10.1. The van der Waals surface area contributed by atoms with Crippen LogP contribution < -0.4 is 0 Å². The number of benzene rings is 3. The Labute approximate surface area is 235 Å². The van der Waals surface area contributed by atoms with Gasteiger partial charge in [0.15, 0.2) is 0 Å². The summed E-state index contributed by atoms with van der Waals surface area (Å²) in [7, 11) is 0. The lowest BCUT2D eigenvalue weighted by Crippen LogP contribution is -2.26. The van der Waals surface area contributed by atoms with Crippen LogP contribution in [0, 0.1) is 0 Å². The molecule has 1 atom stereocenters. The van der Waals surface area contributed by atoms with E-state index < -0.39 is 0 Å². The minimum absolute atomic E-state index is 0.160. The third kappa shape index (κ3) is 6.32. The zero-order valence-electron chi connectivity index (χ0n) is 21.7. The summed E-state index contributed by atoms with van der Waals surface area (Å²) < 4.78 is 2.46. The third-order valence-corrected chi connectivity index (χ3v) is 9.01. The SMILES string of the molecule is CCCCCc1ccc(C2=CCC(c3ccccc3)(c3ccc(CCCCC)c(Br)c3)C=C2)cc1Br. The van der Waals surface area contributed by atoms with Gasteiger partial charge in [-0.2, -0.15) is 0 Å². The molecule has 0 heterocycles. The predicted molar refractivity (Wildman–Crippen MR) is 164 cm³/mol. The lowest BCUT2D eigenvalue weighted by atomic mass is 9.69. The van der Waals surface area contributed by atoms with E-state index in [1.54, 1.807) is 0 Å². The predicted octanol–water partition coefficient (Wildman–Crippen LogP) is 11.0. The normalized spacial score (nSPS) is 17.3. The summed E-state index contributed by atoms with van der Waals surface area (Å²) in [6.07, 6.45) is 18.0. The van der Waals surface area contributed by atoms with Gasteiger partial charge in [0.25, 0.3) is 0 Å². The topological polar surface area (TPSA) is 0 Å². The van der Waals surface area contributed by atoms with Crippen LogP contribution in [-0.2, 0) is 18.3 Å². The highest BCUT2D eigenvalue weighted by molar-refractivity contribution is 9.10.